The van der Waals surface area contributed by atoms with Crippen LogP contribution in [0.5, 0.6) is 0 Å². The summed E-state index contributed by atoms with van der Waals surface area (Å²) in [5.74, 6) is -0.672. The number of hydrogen-bond donors (Lipinski definition) is 1. The summed E-state index contributed by atoms with van der Waals surface area (Å²) in [6.07, 6.45) is 13.8. The van der Waals surface area contributed by atoms with Crippen molar-refractivity contribution in [2.24, 2.45) is 17.3 Å². The third kappa shape index (κ3) is 4.14. The topological polar surface area (TPSA) is 67.8 Å². The summed E-state index contributed by atoms with van der Waals surface area (Å²) in [4.78, 5) is 34.5. The van der Waals surface area contributed by atoms with E-state index in [1.54, 1.807) is 18.3 Å². The fraction of sp³-hybridized carbons (Fsp3) is 0.406. The first-order valence-corrected chi connectivity index (χ1v) is 13.9. The van der Waals surface area contributed by atoms with E-state index >= 15 is 0 Å². The Kier molecular flexibility index (Phi) is 5.62. The van der Waals surface area contributed by atoms with E-state index in [0.717, 1.165) is 43.5 Å². The van der Waals surface area contributed by atoms with E-state index in [4.69, 9.17) is 0 Å². The highest BCUT2D eigenvalue weighted by Gasteiger charge is 2.58. The highest BCUT2D eigenvalue weighted by molar-refractivity contribution is 5.95. The minimum absolute atomic E-state index is 0.0758. The molecule has 4 fully saturated rings. The van der Waals surface area contributed by atoms with Gasteiger partial charge in [0.25, 0.3) is 5.56 Å². The van der Waals surface area contributed by atoms with Gasteiger partial charge < -0.3 is 9.55 Å². The van der Waals surface area contributed by atoms with Gasteiger partial charge in [-0.2, -0.15) is 0 Å². The van der Waals surface area contributed by atoms with Crippen molar-refractivity contribution in [1.29, 1.82) is 0 Å². The van der Waals surface area contributed by atoms with Crippen LogP contribution in [0.2, 0.25) is 0 Å². The summed E-state index contributed by atoms with van der Waals surface area (Å²) in [7, 11) is 0. The Balaban J connectivity index is 1.12. The lowest BCUT2D eigenvalue weighted by Gasteiger charge is -2.62. The molecular formula is C32H31F2N3O2. The van der Waals surface area contributed by atoms with Gasteiger partial charge in [-0.05, 0) is 115 Å². The van der Waals surface area contributed by atoms with Gasteiger partial charge in [-0.15, -0.1) is 0 Å². The number of aromatic nitrogens is 3. The Morgan fingerprint density at radius 3 is 2.67 bits per heavy atom. The zero-order chi connectivity index (χ0) is 26.8. The number of hydrogen-bond acceptors (Lipinski definition) is 3. The number of benzene rings is 1. The van der Waals surface area contributed by atoms with Crippen molar-refractivity contribution >= 4 is 16.8 Å². The molecule has 0 aliphatic heterocycles. The van der Waals surface area contributed by atoms with Crippen LogP contribution in [0.3, 0.4) is 0 Å². The van der Waals surface area contributed by atoms with E-state index in [0.29, 0.717) is 23.8 Å². The number of nitrogens with zero attached hydrogens (tertiary/aromatic N) is 2. The molecule has 3 aromatic heterocycles. The Labute approximate surface area is 225 Å². The molecule has 1 aromatic carbocycles. The van der Waals surface area contributed by atoms with Crippen LogP contribution in [0.4, 0.5) is 8.78 Å². The number of pyridine rings is 2. The number of H-pyrrole nitrogens is 1. The van der Waals surface area contributed by atoms with Crippen molar-refractivity contribution in [1.82, 2.24) is 14.5 Å². The van der Waals surface area contributed by atoms with Crippen molar-refractivity contribution in [2.45, 2.75) is 63.3 Å². The average Bonchev–Trinajstić information content (AvgIpc) is 3.35. The minimum atomic E-state index is -0.954. The molecule has 4 aliphatic rings. The van der Waals surface area contributed by atoms with E-state index in [1.807, 2.05) is 12.3 Å². The number of carbonyl (C=O) groups is 1. The minimum Gasteiger partial charge on any atom is -0.346 e. The number of halogens is 2. The molecule has 0 spiro atoms. The van der Waals surface area contributed by atoms with Gasteiger partial charge in [-0.3, -0.25) is 9.59 Å². The molecule has 8 rings (SSSR count). The van der Waals surface area contributed by atoms with Crippen LogP contribution in [0.1, 0.15) is 72.9 Å². The zero-order valence-corrected chi connectivity index (χ0v) is 21.8. The summed E-state index contributed by atoms with van der Waals surface area (Å²) in [6.45, 7) is 0.0758. The van der Waals surface area contributed by atoms with Crippen LogP contribution in [0.15, 0.2) is 65.8 Å². The lowest BCUT2D eigenvalue weighted by Crippen LogP contribution is -2.54. The molecule has 5 nitrogen and oxygen atoms in total. The van der Waals surface area contributed by atoms with Gasteiger partial charge in [0, 0.05) is 30.4 Å². The predicted molar refractivity (Wildman–Crippen MR) is 145 cm³/mol. The smallest absolute Gasteiger partial charge is 0.261 e. The number of aromatic amines is 1. The molecule has 3 heterocycles. The predicted octanol–water partition coefficient (Wildman–Crippen LogP) is 6.55. The highest BCUT2D eigenvalue weighted by Crippen LogP contribution is 2.67. The van der Waals surface area contributed by atoms with Crippen LogP contribution < -0.4 is 5.56 Å². The molecule has 1 N–H and O–H groups in total. The second kappa shape index (κ2) is 8.97. The van der Waals surface area contributed by atoms with Crippen molar-refractivity contribution < 1.29 is 13.6 Å². The van der Waals surface area contributed by atoms with Crippen molar-refractivity contribution in [2.75, 3.05) is 0 Å². The molecule has 0 saturated heterocycles. The van der Waals surface area contributed by atoms with Gasteiger partial charge in [0.15, 0.2) is 17.4 Å². The molecule has 39 heavy (non-hydrogen) atoms. The first kappa shape index (κ1) is 24.4. The van der Waals surface area contributed by atoms with Crippen LogP contribution in [0.25, 0.3) is 11.0 Å². The quantitative estimate of drug-likeness (QED) is 0.277. The third-order valence-electron chi connectivity index (χ3n) is 9.74. The molecule has 7 heteroatoms. The first-order chi connectivity index (χ1) is 18.8. The van der Waals surface area contributed by atoms with E-state index in [1.165, 1.54) is 40.8 Å². The maximum Gasteiger partial charge on any atom is 0.261 e. The fourth-order valence-electron chi connectivity index (χ4n) is 8.68. The van der Waals surface area contributed by atoms with Crippen molar-refractivity contribution in [3.8, 4) is 0 Å². The molecule has 0 radical (unpaired) electrons. The van der Waals surface area contributed by atoms with Gasteiger partial charge in [0.1, 0.15) is 5.65 Å². The molecule has 4 bridgehead atoms. The zero-order valence-electron chi connectivity index (χ0n) is 21.8. The lowest BCUT2D eigenvalue weighted by molar-refractivity contribution is -0.0755. The average molecular weight is 528 g/mol. The molecular weight excluding hydrogens is 496 g/mol. The van der Waals surface area contributed by atoms with E-state index in [2.05, 4.69) is 22.2 Å². The molecule has 200 valence electrons. The maximum atomic E-state index is 13.7. The van der Waals surface area contributed by atoms with Crippen LogP contribution in [-0.4, -0.2) is 20.3 Å². The summed E-state index contributed by atoms with van der Waals surface area (Å²) in [6, 6.07) is 11.0. The van der Waals surface area contributed by atoms with E-state index in [9.17, 15) is 18.4 Å². The van der Waals surface area contributed by atoms with E-state index < -0.39 is 11.6 Å². The number of fused-ring (bicyclic) bond motifs is 1. The molecule has 2 unspecified atom stereocenters. The number of Topliss-reactive ketones (excluding diaryl/α,β-unsaturated/α-hetero) is 1. The second-order valence-electron chi connectivity index (χ2n) is 12.4. The highest BCUT2D eigenvalue weighted by atomic mass is 19.2. The monoisotopic (exact) mass is 527 g/mol. The van der Waals surface area contributed by atoms with E-state index in [-0.39, 0.29) is 34.3 Å². The summed E-state index contributed by atoms with van der Waals surface area (Å²) >= 11 is 0. The molecule has 0 amide bonds. The molecule has 4 aliphatic carbocycles. The Morgan fingerprint density at radius 1 is 1.05 bits per heavy atom. The number of nitrogens with one attached hydrogen (secondary N) is 1. The summed E-state index contributed by atoms with van der Waals surface area (Å²) in [5.41, 5.74) is 2.81. The first-order valence-electron chi connectivity index (χ1n) is 13.9. The summed E-state index contributed by atoms with van der Waals surface area (Å²) in [5, 5.41) is 1.22. The Bertz CT molecular complexity index is 1640. The Hall–Kier alpha value is -3.61. The molecule has 4 aromatic rings. The molecule has 4 saturated carbocycles. The van der Waals surface area contributed by atoms with Gasteiger partial charge in [-0.1, -0.05) is 6.07 Å². The van der Waals surface area contributed by atoms with Gasteiger partial charge in [-0.25, -0.2) is 13.8 Å². The maximum absolute atomic E-state index is 13.7. The van der Waals surface area contributed by atoms with Gasteiger partial charge in [0.2, 0.25) is 0 Å². The summed E-state index contributed by atoms with van der Waals surface area (Å²) < 4.78 is 28.4. The number of rotatable bonds is 7. The van der Waals surface area contributed by atoms with Gasteiger partial charge in [0.05, 0.1) is 12.1 Å². The normalized spacial score (nSPS) is 27.3. The van der Waals surface area contributed by atoms with Crippen molar-refractivity contribution in [3.63, 3.8) is 0 Å². The number of carbonyl (C=O) groups excluding carboxylic acids is 1. The fourth-order valence-corrected chi connectivity index (χ4v) is 8.68. The van der Waals surface area contributed by atoms with Crippen molar-refractivity contribution in [3.05, 3.63) is 99.7 Å². The van der Waals surface area contributed by atoms with Crippen LogP contribution >= 0.6 is 0 Å². The molecule has 2 atom stereocenters. The second-order valence-corrected chi connectivity index (χ2v) is 12.4. The van der Waals surface area contributed by atoms with Crippen LogP contribution in [-0.2, 0) is 12.0 Å². The van der Waals surface area contributed by atoms with Gasteiger partial charge >= 0.3 is 0 Å². The SMILES string of the molecule is O=C(CCC12CC3CC(C1)CC(c1c[nH]c4ncccc14)(C3)C2)c1cccn(Cc2ccc(F)c(F)c2)c1=O. The third-order valence-corrected chi connectivity index (χ3v) is 9.74. The Morgan fingerprint density at radius 2 is 1.87 bits per heavy atom. The van der Waals surface area contributed by atoms with Crippen LogP contribution in [0, 0.1) is 28.9 Å². The lowest BCUT2D eigenvalue weighted by atomic mass is 9.42. The largest absolute Gasteiger partial charge is 0.346 e. The number of ketones is 1. The standard InChI is InChI=1S/C32H31F2N3O2/c33-26-6-5-20(12-27(26)34)18-37-10-2-4-24(30(37)39)28(38)7-8-31-13-21-11-22(14-31)16-32(15-21,19-31)25-17-36-29-23(25)3-1-9-35-29/h1-6,9-10,12,17,21-22H,7-8,11,13-16,18-19H2,(H,35,36).